The Hall–Kier alpha value is -0.130. The minimum Gasteiger partial charge on any atom is -0.314 e. The first-order valence-corrected chi connectivity index (χ1v) is 7.43. The van der Waals surface area contributed by atoms with Crippen LogP contribution in [0, 0.1) is 5.92 Å². The maximum absolute atomic E-state index is 10.7. The van der Waals surface area contributed by atoms with E-state index in [1.54, 1.807) is 0 Å². The van der Waals surface area contributed by atoms with E-state index < -0.39 is 10.0 Å². The molecule has 1 saturated carbocycles. The summed E-state index contributed by atoms with van der Waals surface area (Å²) >= 11 is 0. The molecule has 1 aliphatic rings. The van der Waals surface area contributed by atoms with Gasteiger partial charge in [0.1, 0.15) is 0 Å². The topological polar surface area (TPSA) is 72.2 Å². The Balaban J connectivity index is 2.06. The maximum atomic E-state index is 10.7. The largest absolute Gasteiger partial charge is 0.314 e. The fourth-order valence-corrected chi connectivity index (χ4v) is 2.59. The molecule has 0 amide bonds. The molecule has 0 aromatic heterocycles. The third-order valence-electron chi connectivity index (χ3n) is 3.05. The maximum Gasteiger partial charge on any atom is 0.209 e. The minimum atomic E-state index is -3.28. The number of sulfonamides is 1. The monoisotopic (exact) mass is 234 g/mol. The predicted molar refractivity (Wildman–Crippen MR) is 62.0 cm³/mol. The van der Waals surface area contributed by atoms with E-state index in [0.717, 1.165) is 12.5 Å². The van der Waals surface area contributed by atoms with Crippen molar-refractivity contribution in [3.05, 3.63) is 0 Å². The molecule has 90 valence electrons. The van der Waals surface area contributed by atoms with Crippen molar-refractivity contribution in [2.24, 2.45) is 11.1 Å². The van der Waals surface area contributed by atoms with E-state index in [-0.39, 0.29) is 5.75 Å². The minimum absolute atomic E-state index is 0.0864. The molecule has 0 bridgehead atoms. The van der Waals surface area contributed by atoms with E-state index >= 15 is 0 Å². The van der Waals surface area contributed by atoms with Gasteiger partial charge >= 0.3 is 0 Å². The Labute approximate surface area is 92.7 Å². The first-order valence-electron chi connectivity index (χ1n) is 5.71. The third-order valence-corrected chi connectivity index (χ3v) is 3.91. The number of nitrogens with two attached hydrogens (primary N) is 1. The number of rotatable bonds is 5. The quantitative estimate of drug-likeness (QED) is 0.692. The van der Waals surface area contributed by atoms with Crippen LogP contribution in [0.4, 0.5) is 0 Å². The number of nitrogens with one attached hydrogen (secondary N) is 1. The van der Waals surface area contributed by atoms with Crippen LogP contribution in [0.1, 0.15) is 39.0 Å². The van der Waals surface area contributed by atoms with Gasteiger partial charge in [0.05, 0.1) is 5.75 Å². The van der Waals surface area contributed by atoms with E-state index in [1.807, 2.05) is 0 Å². The number of hydrogen-bond donors (Lipinski definition) is 2. The van der Waals surface area contributed by atoms with Crippen LogP contribution in [0.25, 0.3) is 0 Å². The molecule has 0 aromatic carbocycles. The lowest BCUT2D eigenvalue weighted by atomic mass is 9.87. The van der Waals surface area contributed by atoms with Gasteiger partial charge in [-0.25, -0.2) is 13.6 Å². The molecule has 0 aromatic rings. The first kappa shape index (κ1) is 12.9. The van der Waals surface area contributed by atoms with Gasteiger partial charge in [0.25, 0.3) is 0 Å². The summed E-state index contributed by atoms with van der Waals surface area (Å²) in [6.07, 6.45) is 5.62. The van der Waals surface area contributed by atoms with Crippen molar-refractivity contribution < 1.29 is 8.42 Å². The Morgan fingerprint density at radius 3 is 2.40 bits per heavy atom. The average Bonchev–Trinajstić information content (AvgIpc) is 2.14. The van der Waals surface area contributed by atoms with Crippen LogP contribution in [0.3, 0.4) is 0 Å². The number of primary sulfonamides is 1. The first-order chi connectivity index (χ1) is 6.97. The summed E-state index contributed by atoms with van der Waals surface area (Å²) in [5, 5.41) is 8.31. The molecule has 5 heteroatoms. The van der Waals surface area contributed by atoms with E-state index in [4.69, 9.17) is 5.14 Å². The lowest BCUT2D eigenvalue weighted by molar-refractivity contribution is 0.308. The molecule has 15 heavy (non-hydrogen) atoms. The van der Waals surface area contributed by atoms with Gasteiger partial charge in [0.15, 0.2) is 0 Å². The van der Waals surface area contributed by atoms with Crippen LogP contribution in [0.5, 0.6) is 0 Å². The second-order valence-corrected chi connectivity index (χ2v) is 6.37. The summed E-state index contributed by atoms with van der Waals surface area (Å²) in [6, 6.07) is 0.585. The molecule has 1 fully saturated rings. The highest BCUT2D eigenvalue weighted by Gasteiger charge is 2.17. The Morgan fingerprint density at radius 1 is 1.27 bits per heavy atom. The molecule has 0 heterocycles. The molecular formula is C10H22N2O2S. The van der Waals surface area contributed by atoms with Gasteiger partial charge in [-0.3, -0.25) is 0 Å². The summed E-state index contributed by atoms with van der Waals surface area (Å²) < 4.78 is 21.4. The van der Waals surface area contributed by atoms with Crippen LogP contribution in [0.15, 0.2) is 0 Å². The molecule has 0 spiro atoms. The molecule has 1 aliphatic carbocycles. The van der Waals surface area contributed by atoms with Gasteiger partial charge in [-0.2, -0.15) is 0 Å². The summed E-state index contributed by atoms with van der Waals surface area (Å²) in [5.41, 5.74) is 0. The van der Waals surface area contributed by atoms with Crippen molar-refractivity contribution in [3.63, 3.8) is 0 Å². The highest BCUT2D eigenvalue weighted by atomic mass is 32.2. The highest BCUT2D eigenvalue weighted by molar-refractivity contribution is 7.89. The van der Waals surface area contributed by atoms with Crippen LogP contribution in [-0.2, 0) is 10.0 Å². The van der Waals surface area contributed by atoms with Crippen molar-refractivity contribution >= 4 is 10.0 Å². The van der Waals surface area contributed by atoms with E-state index in [0.29, 0.717) is 12.5 Å². The summed E-state index contributed by atoms with van der Waals surface area (Å²) in [7, 11) is -3.28. The van der Waals surface area contributed by atoms with Crippen LogP contribution in [0.2, 0.25) is 0 Å². The normalized spacial score (nSPS) is 27.9. The number of hydrogen-bond acceptors (Lipinski definition) is 3. The predicted octanol–water partition coefficient (Wildman–Crippen LogP) is 0.833. The summed E-state index contributed by atoms with van der Waals surface area (Å²) in [5.74, 6) is 0.941. The van der Waals surface area contributed by atoms with Gasteiger partial charge in [0.2, 0.25) is 10.0 Å². The summed E-state index contributed by atoms with van der Waals surface area (Å²) in [6.45, 7) is 3.05. The fraction of sp³-hybridized carbons (Fsp3) is 1.00. The molecule has 4 nitrogen and oxygen atoms in total. The van der Waals surface area contributed by atoms with Crippen LogP contribution < -0.4 is 10.5 Å². The molecule has 1 rings (SSSR count). The highest BCUT2D eigenvalue weighted by Crippen LogP contribution is 2.23. The van der Waals surface area contributed by atoms with Crippen molar-refractivity contribution in [2.45, 2.75) is 45.1 Å². The zero-order valence-electron chi connectivity index (χ0n) is 9.41. The molecule has 0 unspecified atom stereocenters. The lowest BCUT2D eigenvalue weighted by Crippen LogP contribution is -2.34. The third kappa shape index (κ3) is 6.12. The van der Waals surface area contributed by atoms with E-state index in [2.05, 4.69) is 12.2 Å². The molecule has 0 aliphatic heterocycles. The van der Waals surface area contributed by atoms with Gasteiger partial charge in [-0.1, -0.05) is 6.92 Å². The van der Waals surface area contributed by atoms with Crippen LogP contribution >= 0.6 is 0 Å². The van der Waals surface area contributed by atoms with Crippen molar-refractivity contribution in [1.29, 1.82) is 0 Å². The van der Waals surface area contributed by atoms with Crippen molar-refractivity contribution in [3.8, 4) is 0 Å². The van der Waals surface area contributed by atoms with E-state index in [1.165, 1.54) is 25.7 Å². The lowest BCUT2D eigenvalue weighted by Gasteiger charge is -2.26. The fourth-order valence-electron chi connectivity index (χ4n) is 2.04. The van der Waals surface area contributed by atoms with E-state index in [9.17, 15) is 8.42 Å². The second-order valence-electron chi connectivity index (χ2n) is 4.63. The molecule has 3 N–H and O–H groups in total. The molecule has 0 radical (unpaired) electrons. The Bertz CT molecular complexity index is 269. The van der Waals surface area contributed by atoms with Crippen LogP contribution in [-0.4, -0.2) is 26.8 Å². The zero-order valence-corrected chi connectivity index (χ0v) is 10.2. The SMILES string of the molecule is CC1CCC(NCCCS(N)(=O)=O)CC1. The van der Waals surface area contributed by atoms with Crippen molar-refractivity contribution in [2.75, 3.05) is 12.3 Å². The standard InChI is InChI=1S/C10H22N2O2S/c1-9-3-5-10(6-4-9)12-7-2-8-15(11,13)14/h9-10,12H,2-8H2,1H3,(H2,11,13,14). The van der Waals surface area contributed by atoms with Gasteiger partial charge in [0, 0.05) is 6.04 Å². The Kier molecular flexibility index (Phi) is 5.02. The molecule has 0 atom stereocenters. The van der Waals surface area contributed by atoms with Gasteiger partial charge in [-0.15, -0.1) is 0 Å². The Morgan fingerprint density at radius 2 is 1.87 bits per heavy atom. The molecule has 0 saturated heterocycles. The second kappa shape index (κ2) is 5.82. The molecular weight excluding hydrogens is 212 g/mol. The van der Waals surface area contributed by atoms with Gasteiger partial charge < -0.3 is 5.32 Å². The zero-order chi connectivity index (χ0) is 11.3. The summed E-state index contributed by atoms with van der Waals surface area (Å²) in [4.78, 5) is 0. The van der Waals surface area contributed by atoms with Crippen molar-refractivity contribution in [1.82, 2.24) is 5.32 Å². The average molecular weight is 234 g/mol. The van der Waals surface area contributed by atoms with Gasteiger partial charge in [-0.05, 0) is 44.6 Å². The smallest absolute Gasteiger partial charge is 0.209 e.